The highest BCUT2D eigenvalue weighted by Gasteiger charge is 2.27. The maximum absolute atomic E-state index is 11.8. The van der Waals surface area contributed by atoms with E-state index in [1.54, 1.807) is 12.4 Å². The van der Waals surface area contributed by atoms with E-state index in [1.165, 1.54) is 25.7 Å². The summed E-state index contributed by atoms with van der Waals surface area (Å²) < 4.78 is 0. The quantitative estimate of drug-likeness (QED) is 0.805. The highest BCUT2D eigenvalue weighted by Crippen LogP contribution is 2.37. The molecule has 0 aromatic carbocycles. The molecule has 6 nitrogen and oxygen atoms in total. The van der Waals surface area contributed by atoms with Crippen molar-refractivity contribution in [2.45, 2.75) is 44.6 Å². The summed E-state index contributed by atoms with van der Waals surface area (Å²) in [5.74, 6) is 1.43. The number of urea groups is 1. The number of amides is 2. The summed E-state index contributed by atoms with van der Waals surface area (Å²) in [4.78, 5) is 22.8. The van der Waals surface area contributed by atoms with Crippen LogP contribution in [0.15, 0.2) is 12.4 Å². The summed E-state index contributed by atoms with van der Waals surface area (Å²) in [5, 5.41) is 5.65. The van der Waals surface area contributed by atoms with Gasteiger partial charge in [-0.05, 0) is 32.2 Å². The monoisotopic (exact) mass is 289 g/mol. The molecule has 2 N–H and O–H groups in total. The number of likely N-dealkylation sites (N-methyl/N-ethyl adjacent to an activating group) is 1. The molecule has 21 heavy (non-hydrogen) atoms. The van der Waals surface area contributed by atoms with Crippen molar-refractivity contribution in [1.29, 1.82) is 0 Å². The standard InChI is InChI=1S/C15H23N5O/c1-2-20(13-5-6-13)8-7-16-15(21)19-12-9-17-14(18-10-12)11-3-4-11/h9-11,13H,2-8H2,1H3,(H2,16,19,21). The molecule has 2 aliphatic carbocycles. The molecule has 0 bridgehead atoms. The Bertz CT molecular complexity index is 481. The Kier molecular flexibility index (Phi) is 4.34. The number of rotatable bonds is 7. The van der Waals surface area contributed by atoms with Gasteiger partial charge in [-0.15, -0.1) is 0 Å². The van der Waals surface area contributed by atoms with E-state index in [2.05, 4.69) is 32.4 Å². The third kappa shape index (κ3) is 4.14. The molecule has 1 heterocycles. The van der Waals surface area contributed by atoms with Crippen molar-refractivity contribution in [3.8, 4) is 0 Å². The average Bonchev–Trinajstić information content (AvgIpc) is 3.37. The minimum absolute atomic E-state index is 0.190. The topological polar surface area (TPSA) is 70.2 Å². The highest BCUT2D eigenvalue weighted by molar-refractivity contribution is 5.88. The molecule has 2 fully saturated rings. The van der Waals surface area contributed by atoms with Crippen LogP contribution in [-0.4, -0.2) is 46.6 Å². The molecule has 0 aliphatic heterocycles. The summed E-state index contributed by atoms with van der Waals surface area (Å²) in [6.45, 7) is 4.78. The van der Waals surface area contributed by atoms with Crippen LogP contribution in [0.1, 0.15) is 44.3 Å². The first-order chi connectivity index (χ1) is 10.3. The molecule has 0 radical (unpaired) electrons. The fourth-order valence-electron chi connectivity index (χ4n) is 2.48. The second-order valence-electron chi connectivity index (χ2n) is 5.84. The van der Waals surface area contributed by atoms with E-state index >= 15 is 0 Å². The second kappa shape index (κ2) is 6.39. The molecule has 6 heteroatoms. The molecule has 1 aromatic rings. The van der Waals surface area contributed by atoms with Crippen molar-refractivity contribution >= 4 is 11.7 Å². The number of hydrogen-bond acceptors (Lipinski definition) is 4. The van der Waals surface area contributed by atoms with E-state index in [-0.39, 0.29) is 6.03 Å². The van der Waals surface area contributed by atoms with Crippen LogP contribution < -0.4 is 10.6 Å². The van der Waals surface area contributed by atoms with Crippen LogP contribution in [0.3, 0.4) is 0 Å². The maximum atomic E-state index is 11.8. The first kappa shape index (κ1) is 14.3. The van der Waals surface area contributed by atoms with Gasteiger partial charge in [0.05, 0.1) is 18.1 Å². The minimum Gasteiger partial charge on any atom is -0.337 e. The van der Waals surface area contributed by atoms with Gasteiger partial charge in [-0.1, -0.05) is 6.92 Å². The summed E-state index contributed by atoms with van der Waals surface area (Å²) in [7, 11) is 0. The summed E-state index contributed by atoms with van der Waals surface area (Å²) in [6, 6.07) is 0.549. The lowest BCUT2D eigenvalue weighted by atomic mass is 10.4. The van der Waals surface area contributed by atoms with E-state index in [0.29, 0.717) is 18.2 Å². The van der Waals surface area contributed by atoms with Gasteiger partial charge in [0, 0.05) is 25.0 Å². The van der Waals surface area contributed by atoms with Crippen LogP contribution in [0, 0.1) is 0 Å². The Morgan fingerprint density at radius 1 is 1.29 bits per heavy atom. The Balaban J connectivity index is 1.38. The number of carbonyl (C=O) groups is 1. The number of hydrogen-bond donors (Lipinski definition) is 2. The first-order valence-electron chi connectivity index (χ1n) is 7.87. The predicted molar refractivity (Wildman–Crippen MR) is 81.3 cm³/mol. The van der Waals surface area contributed by atoms with Gasteiger partial charge in [0.2, 0.25) is 0 Å². The molecule has 114 valence electrons. The first-order valence-corrected chi connectivity index (χ1v) is 7.87. The molecule has 0 saturated heterocycles. The summed E-state index contributed by atoms with van der Waals surface area (Å²) >= 11 is 0. The van der Waals surface area contributed by atoms with Gasteiger partial charge in [-0.25, -0.2) is 14.8 Å². The van der Waals surface area contributed by atoms with Crippen molar-refractivity contribution < 1.29 is 4.79 Å². The number of carbonyl (C=O) groups excluding carboxylic acids is 1. The normalized spacial score (nSPS) is 17.8. The Hall–Kier alpha value is -1.69. The lowest BCUT2D eigenvalue weighted by Gasteiger charge is -2.19. The molecule has 0 spiro atoms. The average molecular weight is 289 g/mol. The molecule has 3 rings (SSSR count). The third-order valence-corrected chi connectivity index (χ3v) is 4.03. The van der Waals surface area contributed by atoms with Crippen molar-refractivity contribution in [3.63, 3.8) is 0 Å². The Labute approximate surface area is 125 Å². The Morgan fingerprint density at radius 2 is 2.00 bits per heavy atom. The van der Waals surface area contributed by atoms with Crippen molar-refractivity contribution in [1.82, 2.24) is 20.2 Å². The number of aromatic nitrogens is 2. The molecular weight excluding hydrogens is 266 g/mol. The van der Waals surface area contributed by atoms with Crippen LogP contribution in [0.4, 0.5) is 10.5 Å². The zero-order valence-corrected chi connectivity index (χ0v) is 12.5. The van der Waals surface area contributed by atoms with Crippen LogP contribution in [0.2, 0.25) is 0 Å². The molecule has 1 aromatic heterocycles. The van der Waals surface area contributed by atoms with Gasteiger partial charge >= 0.3 is 6.03 Å². The van der Waals surface area contributed by atoms with E-state index in [0.717, 1.165) is 25.0 Å². The predicted octanol–water partition coefficient (Wildman–Crippen LogP) is 1.96. The van der Waals surface area contributed by atoms with E-state index < -0.39 is 0 Å². The summed E-state index contributed by atoms with van der Waals surface area (Å²) in [5.41, 5.74) is 0.645. The van der Waals surface area contributed by atoms with Crippen LogP contribution in [0.5, 0.6) is 0 Å². The fourth-order valence-corrected chi connectivity index (χ4v) is 2.48. The van der Waals surface area contributed by atoms with Crippen LogP contribution in [-0.2, 0) is 0 Å². The number of anilines is 1. The molecular formula is C15H23N5O. The lowest BCUT2D eigenvalue weighted by molar-refractivity contribution is 0.245. The molecule has 2 saturated carbocycles. The van der Waals surface area contributed by atoms with Crippen molar-refractivity contribution in [2.75, 3.05) is 25.0 Å². The van der Waals surface area contributed by atoms with Crippen molar-refractivity contribution in [3.05, 3.63) is 18.2 Å². The van der Waals surface area contributed by atoms with Gasteiger partial charge in [0.15, 0.2) is 0 Å². The largest absolute Gasteiger partial charge is 0.337 e. The number of nitrogens with zero attached hydrogens (tertiary/aromatic N) is 3. The van der Waals surface area contributed by atoms with E-state index in [4.69, 9.17) is 0 Å². The van der Waals surface area contributed by atoms with E-state index in [1.807, 2.05) is 0 Å². The van der Waals surface area contributed by atoms with Crippen molar-refractivity contribution in [2.24, 2.45) is 0 Å². The second-order valence-corrected chi connectivity index (χ2v) is 5.84. The molecule has 2 amide bonds. The van der Waals surface area contributed by atoms with Gasteiger partial charge in [-0.3, -0.25) is 4.90 Å². The Morgan fingerprint density at radius 3 is 2.57 bits per heavy atom. The number of nitrogens with one attached hydrogen (secondary N) is 2. The lowest BCUT2D eigenvalue weighted by Crippen LogP contribution is -2.37. The van der Waals surface area contributed by atoms with Gasteiger partial charge < -0.3 is 10.6 Å². The van der Waals surface area contributed by atoms with Gasteiger partial charge in [-0.2, -0.15) is 0 Å². The van der Waals surface area contributed by atoms with Crippen LogP contribution >= 0.6 is 0 Å². The zero-order chi connectivity index (χ0) is 14.7. The van der Waals surface area contributed by atoms with Gasteiger partial charge in [0.1, 0.15) is 5.82 Å². The molecule has 0 unspecified atom stereocenters. The van der Waals surface area contributed by atoms with E-state index in [9.17, 15) is 4.79 Å². The zero-order valence-electron chi connectivity index (χ0n) is 12.5. The fraction of sp³-hybridized carbons (Fsp3) is 0.667. The maximum Gasteiger partial charge on any atom is 0.319 e. The highest BCUT2D eigenvalue weighted by atomic mass is 16.2. The van der Waals surface area contributed by atoms with Crippen LogP contribution in [0.25, 0.3) is 0 Å². The van der Waals surface area contributed by atoms with Gasteiger partial charge in [0.25, 0.3) is 0 Å². The third-order valence-electron chi connectivity index (χ3n) is 4.03. The smallest absolute Gasteiger partial charge is 0.319 e. The molecule has 2 aliphatic rings. The minimum atomic E-state index is -0.190. The molecule has 0 atom stereocenters. The SMILES string of the molecule is CCN(CCNC(=O)Nc1cnc(C2CC2)nc1)C1CC1. The summed E-state index contributed by atoms with van der Waals surface area (Å²) in [6.07, 6.45) is 8.32.